The summed E-state index contributed by atoms with van der Waals surface area (Å²) >= 11 is 12.6. The van der Waals surface area contributed by atoms with Crippen molar-refractivity contribution >= 4 is 23.2 Å². The Kier molecular flexibility index (Phi) is 4.54. The van der Waals surface area contributed by atoms with Crippen LogP contribution in [0, 0.1) is 20.8 Å². The molecule has 0 fully saturated rings. The van der Waals surface area contributed by atoms with Gasteiger partial charge in [-0.15, -0.1) is 11.6 Å². The number of rotatable bonds is 3. The second-order valence-electron chi connectivity index (χ2n) is 5.16. The van der Waals surface area contributed by atoms with Crippen molar-refractivity contribution in [3.05, 3.63) is 69.2 Å². The molecular formula is C17H18Cl2. The summed E-state index contributed by atoms with van der Waals surface area (Å²) in [6.07, 6.45) is 0.828. The highest BCUT2D eigenvalue weighted by Crippen LogP contribution is 2.29. The maximum atomic E-state index is 6.55. The molecule has 1 atom stereocenters. The molecule has 0 bridgehead atoms. The van der Waals surface area contributed by atoms with Crippen LogP contribution in [0.3, 0.4) is 0 Å². The maximum Gasteiger partial charge on any atom is 0.0626 e. The van der Waals surface area contributed by atoms with E-state index in [1.165, 1.54) is 16.7 Å². The van der Waals surface area contributed by atoms with E-state index in [-0.39, 0.29) is 5.38 Å². The summed E-state index contributed by atoms with van der Waals surface area (Å²) in [6, 6.07) is 12.5. The average Bonchev–Trinajstić information content (AvgIpc) is 2.32. The quantitative estimate of drug-likeness (QED) is 0.628. The molecule has 0 aliphatic carbocycles. The number of benzene rings is 2. The predicted octanol–water partition coefficient (Wildman–Crippen LogP) is 5.79. The zero-order chi connectivity index (χ0) is 14.0. The van der Waals surface area contributed by atoms with E-state index in [1.54, 1.807) is 0 Å². The van der Waals surface area contributed by atoms with Crippen LogP contribution in [0.1, 0.15) is 33.2 Å². The van der Waals surface area contributed by atoms with Crippen LogP contribution >= 0.6 is 23.2 Å². The smallest absolute Gasteiger partial charge is 0.0626 e. The molecule has 100 valence electrons. The van der Waals surface area contributed by atoms with Crippen molar-refractivity contribution in [3.8, 4) is 0 Å². The van der Waals surface area contributed by atoms with Crippen molar-refractivity contribution in [2.75, 3.05) is 0 Å². The SMILES string of the molecule is Cc1cc(Cl)cc(C(Cl)Cc2cc(C)ccc2C)c1. The maximum absolute atomic E-state index is 6.55. The van der Waals surface area contributed by atoms with Crippen LogP contribution in [0.4, 0.5) is 0 Å². The Morgan fingerprint density at radius 1 is 0.947 bits per heavy atom. The van der Waals surface area contributed by atoms with E-state index >= 15 is 0 Å². The Balaban J connectivity index is 2.25. The van der Waals surface area contributed by atoms with Gasteiger partial charge in [0.15, 0.2) is 0 Å². The molecular weight excluding hydrogens is 275 g/mol. The first-order valence-electron chi connectivity index (χ1n) is 6.43. The molecule has 0 amide bonds. The monoisotopic (exact) mass is 292 g/mol. The molecule has 2 heteroatoms. The van der Waals surface area contributed by atoms with Crippen LogP contribution in [0.5, 0.6) is 0 Å². The minimum Gasteiger partial charge on any atom is -0.117 e. The second-order valence-corrected chi connectivity index (χ2v) is 6.13. The standard InChI is InChI=1S/C17H18Cl2/c1-11-4-5-13(3)14(6-11)10-17(19)15-7-12(2)8-16(18)9-15/h4-9,17H,10H2,1-3H3. The van der Waals surface area contributed by atoms with Gasteiger partial charge in [0.05, 0.1) is 5.38 Å². The second kappa shape index (κ2) is 5.98. The lowest BCUT2D eigenvalue weighted by Crippen LogP contribution is -1.99. The van der Waals surface area contributed by atoms with Crippen molar-refractivity contribution in [2.45, 2.75) is 32.6 Å². The summed E-state index contributed by atoms with van der Waals surface area (Å²) < 4.78 is 0. The molecule has 0 aliphatic rings. The van der Waals surface area contributed by atoms with Gasteiger partial charge in [0.25, 0.3) is 0 Å². The minimum absolute atomic E-state index is 0.0436. The number of aryl methyl sites for hydroxylation is 3. The van der Waals surface area contributed by atoms with Gasteiger partial charge in [-0.25, -0.2) is 0 Å². The molecule has 0 heterocycles. The lowest BCUT2D eigenvalue weighted by molar-refractivity contribution is 0.907. The molecule has 19 heavy (non-hydrogen) atoms. The number of alkyl halides is 1. The third-order valence-electron chi connectivity index (χ3n) is 3.33. The van der Waals surface area contributed by atoms with Crippen molar-refractivity contribution in [3.63, 3.8) is 0 Å². The lowest BCUT2D eigenvalue weighted by Gasteiger charge is -2.14. The summed E-state index contributed by atoms with van der Waals surface area (Å²) in [5.74, 6) is 0. The van der Waals surface area contributed by atoms with Crippen LogP contribution in [-0.2, 0) is 6.42 Å². The fraction of sp³-hybridized carbons (Fsp3) is 0.294. The topological polar surface area (TPSA) is 0 Å². The summed E-state index contributed by atoms with van der Waals surface area (Å²) in [4.78, 5) is 0. The third kappa shape index (κ3) is 3.75. The number of halogens is 2. The van der Waals surface area contributed by atoms with Crippen molar-refractivity contribution in [2.24, 2.45) is 0 Å². The molecule has 0 aromatic heterocycles. The Morgan fingerprint density at radius 2 is 1.68 bits per heavy atom. The van der Waals surface area contributed by atoms with E-state index in [1.807, 2.05) is 19.1 Å². The van der Waals surface area contributed by atoms with E-state index in [0.29, 0.717) is 0 Å². The zero-order valence-corrected chi connectivity index (χ0v) is 13.0. The van der Waals surface area contributed by atoms with E-state index in [4.69, 9.17) is 23.2 Å². The average molecular weight is 293 g/mol. The molecule has 2 aromatic rings. The van der Waals surface area contributed by atoms with Crippen molar-refractivity contribution in [1.82, 2.24) is 0 Å². The van der Waals surface area contributed by atoms with Crippen LogP contribution in [0.15, 0.2) is 36.4 Å². The molecule has 2 aromatic carbocycles. The molecule has 2 rings (SSSR count). The summed E-state index contributed by atoms with van der Waals surface area (Å²) in [5.41, 5.74) is 6.10. The fourth-order valence-corrected chi connectivity index (χ4v) is 2.87. The molecule has 0 N–H and O–H groups in total. The minimum atomic E-state index is -0.0436. The molecule has 0 spiro atoms. The molecule has 0 aliphatic heterocycles. The first-order valence-corrected chi connectivity index (χ1v) is 7.24. The predicted molar refractivity (Wildman–Crippen MR) is 84.4 cm³/mol. The molecule has 0 saturated carbocycles. The largest absolute Gasteiger partial charge is 0.117 e. The van der Waals surface area contributed by atoms with Gasteiger partial charge in [0, 0.05) is 5.02 Å². The first kappa shape index (κ1) is 14.4. The Hall–Kier alpha value is -0.980. The van der Waals surface area contributed by atoms with Gasteiger partial charge in [-0.1, -0.05) is 41.4 Å². The summed E-state index contributed by atoms with van der Waals surface area (Å²) in [6.45, 7) is 6.27. The molecule has 0 nitrogen and oxygen atoms in total. The van der Waals surface area contributed by atoms with Gasteiger partial charge in [0.2, 0.25) is 0 Å². The Labute approximate surface area is 125 Å². The number of hydrogen-bond acceptors (Lipinski definition) is 0. The Bertz CT molecular complexity index is 568. The fourth-order valence-electron chi connectivity index (χ4n) is 2.28. The zero-order valence-electron chi connectivity index (χ0n) is 11.5. The third-order valence-corrected chi connectivity index (χ3v) is 3.95. The van der Waals surface area contributed by atoms with E-state index < -0.39 is 0 Å². The van der Waals surface area contributed by atoms with Gasteiger partial charge in [-0.2, -0.15) is 0 Å². The van der Waals surface area contributed by atoms with Crippen molar-refractivity contribution in [1.29, 1.82) is 0 Å². The molecule has 0 radical (unpaired) electrons. The van der Waals surface area contributed by atoms with E-state index in [2.05, 4.69) is 38.1 Å². The van der Waals surface area contributed by atoms with Crippen LogP contribution < -0.4 is 0 Å². The van der Waals surface area contributed by atoms with Gasteiger partial charge >= 0.3 is 0 Å². The van der Waals surface area contributed by atoms with Crippen LogP contribution in [0.2, 0.25) is 5.02 Å². The van der Waals surface area contributed by atoms with Crippen LogP contribution in [-0.4, -0.2) is 0 Å². The summed E-state index contributed by atoms with van der Waals surface area (Å²) in [5, 5.41) is 0.708. The van der Waals surface area contributed by atoms with Gasteiger partial charge in [-0.05, 0) is 61.6 Å². The lowest BCUT2D eigenvalue weighted by atomic mass is 9.98. The normalized spacial score (nSPS) is 12.5. The Morgan fingerprint density at radius 3 is 2.37 bits per heavy atom. The number of hydrogen-bond donors (Lipinski definition) is 0. The first-order chi connectivity index (χ1) is 8.95. The highest BCUT2D eigenvalue weighted by Gasteiger charge is 2.12. The van der Waals surface area contributed by atoms with Gasteiger partial charge < -0.3 is 0 Å². The molecule has 0 saturated heterocycles. The van der Waals surface area contributed by atoms with Gasteiger partial charge in [-0.3, -0.25) is 0 Å². The summed E-state index contributed by atoms with van der Waals surface area (Å²) in [7, 11) is 0. The highest BCUT2D eigenvalue weighted by atomic mass is 35.5. The van der Waals surface area contributed by atoms with Crippen molar-refractivity contribution < 1.29 is 0 Å². The highest BCUT2D eigenvalue weighted by molar-refractivity contribution is 6.31. The van der Waals surface area contributed by atoms with Gasteiger partial charge in [0.1, 0.15) is 0 Å². The van der Waals surface area contributed by atoms with E-state index in [9.17, 15) is 0 Å². The van der Waals surface area contributed by atoms with E-state index in [0.717, 1.165) is 22.6 Å². The van der Waals surface area contributed by atoms with Crippen LogP contribution in [0.25, 0.3) is 0 Å². The molecule has 1 unspecified atom stereocenters.